The minimum atomic E-state index is -0.334. The average Bonchev–Trinajstić information content (AvgIpc) is 2.94. The summed E-state index contributed by atoms with van der Waals surface area (Å²) in [6, 6.07) is 21.8. The quantitative estimate of drug-likeness (QED) is 0.334. The third-order valence-electron chi connectivity index (χ3n) is 7.77. The molecule has 3 aromatic carbocycles. The van der Waals surface area contributed by atoms with Crippen LogP contribution in [-0.4, -0.2) is 33.0 Å². The molecule has 0 radical (unpaired) electrons. The van der Waals surface area contributed by atoms with Crippen LogP contribution in [0.5, 0.6) is 0 Å². The monoisotopic (exact) mass is 521 g/mol. The van der Waals surface area contributed by atoms with Crippen molar-refractivity contribution in [3.05, 3.63) is 121 Å². The number of hydrogen-bond donors (Lipinski definition) is 0. The first-order valence-electron chi connectivity index (χ1n) is 13.6. The lowest BCUT2D eigenvalue weighted by molar-refractivity contribution is -0.130. The lowest BCUT2D eigenvalue weighted by Gasteiger charge is -2.27. The van der Waals surface area contributed by atoms with Crippen molar-refractivity contribution in [3.63, 3.8) is 0 Å². The molecular weight excluding hydrogens is 486 g/mol. The molecule has 6 heteroatoms. The number of fused-ring (bicyclic) bond motifs is 1. The van der Waals surface area contributed by atoms with E-state index in [0.717, 1.165) is 23.1 Å². The van der Waals surface area contributed by atoms with E-state index < -0.39 is 0 Å². The van der Waals surface area contributed by atoms with Gasteiger partial charge in [-0.05, 0) is 73.6 Å². The van der Waals surface area contributed by atoms with Gasteiger partial charge in [-0.25, -0.2) is 4.79 Å². The molecule has 0 bridgehead atoms. The number of aromatic nitrogens is 2. The van der Waals surface area contributed by atoms with Gasteiger partial charge >= 0.3 is 5.69 Å². The number of nitrogens with zero attached hydrogens (tertiary/aromatic N) is 3. The normalized spacial score (nSPS) is 13.5. The summed E-state index contributed by atoms with van der Waals surface area (Å²) in [7, 11) is 0. The van der Waals surface area contributed by atoms with Crippen molar-refractivity contribution in [2.24, 2.45) is 0 Å². The van der Waals surface area contributed by atoms with Crippen LogP contribution in [0, 0.1) is 20.8 Å². The van der Waals surface area contributed by atoms with Crippen molar-refractivity contribution >= 4 is 22.4 Å². The number of benzene rings is 3. The fraction of sp³-hybridized carbons (Fsp3) is 0.303. The van der Waals surface area contributed by atoms with Crippen LogP contribution in [0.1, 0.15) is 47.1 Å². The topological polar surface area (TPSA) is 64.3 Å². The highest BCUT2D eigenvalue weighted by Crippen LogP contribution is 2.23. The molecule has 1 aliphatic rings. The largest absolute Gasteiger partial charge is 0.339 e. The van der Waals surface area contributed by atoms with Gasteiger partial charge in [0.25, 0.3) is 5.56 Å². The Kier molecular flexibility index (Phi) is 7.64. The molecule has 0 N–H and O–H groups in total. The highest BCUT2D eigenvalue weighted by Gasteiger charge is 2.19. The average molecular weight is 522 g/mol. The van der Waals surface area contributed by atoms with Crippen molar-refractivity contribution in [1.82, 2.24) is 14.0 Å². The Morgan fingerprint density at radius 2 is 1.56 bits per heavy atom. The van der Waals surface area contributed by atoms with E-state index in [1.807, 2.05) is 41.3 Å². The van der Waals surface area contributed by atoms with Crippen LogP contribution in [0.2, 0.25) is 0 Å². The van der Waals surface area contributed by atoms with Crippen LogP contribution in [0.3, 0.4) is 0 Å². The summed E-state index contributed by atoms with van der Waals surface area (Å²) >= 11 is 0. The lowest BCUT2D eigenvalue weighted by Crippen LogP contribution is -2.41. The SMILES string of the molecule is Cc1cc(C)c(Cn2c(=O)n(CCCC(=O)N3CC=C(c4ccccc4)CC3)c(=O)c3ccccc32)c(C)c1. The molecule has 0 unspecified atom stereocenters. The van der Waals surface area contributed by atoms with Gasteiger partial charge in [-0.1, -0.05) is 66.2 Å². The van der Waals surface area contributed by atoms with E-state index >= 15 is 0 Å². The van der Waals surface area contributed by atoms with Crippen LogP contribution in [0.25, 0.3) is 16.5 Å². The molecule has 0 spiro atoms. The zero-order valence-electron chi connectivity index (χ0n) is 22.9. The standard InChI is InChI=1S/C33H35N3O3/c1-23-20-24(2)29(25(3)21-23)22-36-30-13-8-7-12-28(30)32(38)35(33(36)39)17-9-14-31(37)34-18-15-27(16-19-34)26-10-5-4-6-11-26/h4-8,10-13,15,20-21H,9,14,16-19,22H2,1-3H3. The maximum Gasteiger partial charge on any atom is 0.331 e. The third kappa shape index (κ3) is 5.51. The fourth-order valence-corrected chi connectivity index (χ4v) is 5.69. The predicted octanol–water partition coefficient (Wildman–Crippen LogP) is 5.23. The molecule has 0 atom stereocenters. The van der Waals surface area contributed by atoms with Gasteiger partial charge in [0, 0.05) is 26.1 Å². The van der Waals surface area contributed by atoms with E-state index in [1.165, 1.54) is 21.3 Å². The summed E-state index contributed by atoms with van der Waals surface area (Å²) in [5.41, 5.74) is 6.98. The van der Waals surface area contributed by atoms with E-state index in [-0.39, 0.29) is 23.7 Å². The molecule has 200 valence electrons. The Hall–Kier alpha value is -4.19. The number of rotatable bonds is 7. The van der Waals surface area contributed by atoms with Crippen molar-refractivity contribution in [1.29, 1.82) is 0 Å². The first-order valence-corrected chi connectivity index (χ1v) is 13.6. The van der Waals surface area contributed by atoms with Crippen LogP contribution < -0.4 is 11.2 Å². The number of aryl methyl sites for hydroxylation is 3. The molecule has 1 amide bonds. The Bertz CT molecular complexity index is 1660. The Morgan fingerprint density at radius 3 is 2.26 bits per heavy atom. The van der Waals surface area contributed by atoms with Crippen molar-refractivity contribution in [2.75, 3.05) is 13.1 Å². The second kappa shape index (κ2) is 11.3. The lowest BCUT2D eigenvalue weighted by atomic mass is 9.99. The van der Waals surface area contributed by atoms with E-state index in [1.54, 1.807) is 10.6 Å². The third-order valence-corrected chi connectivity index (χ3v) is 7.77. The van der Waals surface area contributed by atoms with Gasteiger partial charge in [-0.3, -0.25) is 18.7 Å². The number of carbonyl (C=O) groups excluding carboxylic acids is 1. The highest BCUT2D eigenvalue weighted by molar-refractivity contribution is 5.79. The molecule has 4 aromatic rings. The van der Waals surface area contributed by atoms with Crippen LogP contribution in [0.15, 0.2) is 82.4 Å². The molecule has 0 saturated heterocycles. The maximum absolute atomic E-state index is 13.7. The number of carbonyl (C=O) groups is 1. The Labute approximate surface area is 228 Å². The second-order valence-corrected chi connectivity index (χ2v) is 10.5. The van der Waals surface area contributed by atoms with Gasteiger partial charge in [-0.2, -0.15) is 0 Å². The minimum Gasteiger partial charge on any atom is -0.339 e. The molecule has 0 fully saturated rings. The summed E-state index contributed by atoms with van der Waals surface area (Å²) < 4.78 is 3.00. The number of hydrogen-bond acceptors (Lipinski definition) is 3. The Balaban J connectivity index is 1.34. The molecular formula is C33H35N3O3. The summed E-state index contributed by atoms with van der Waals surface area (Å²) in [6.07, 6.45) is 3.67. The second-order valence-electron chi connectivity index (χ2n) is 10.5. The van der Waals surface area contributed by atoms with Crippen molar-refractivity contribution in [2.45, 2.75) is 53.1 Å². The van der Waals surface area contributed by atoms with Gasteiger partial charge in [0.1, 0.15) is 0 Å². The van der Waals surface area contributed by atoms with Gasteiger partial charge in [0.05, 0.1) is 17.4 Å². The van der Waals surface area contributed by atoms with Gasteiger partial charge < -0.3 is 4.90 Å². The molecule has 0 saturated carbocycles. The van der Waals surface area contributed by atoms with E-state index in [4.69, 9.17) is 0 Å². The van der Waals surface area contributed by atoms with Crippen LogP contribution in [0.4, 0.5) is 0 Å². The van der Waals surface area contributed by atoms with E-state index in [0.29, 0.717) is 43.4 Å². The van der Waals surface area contributed by atoms with E-state index in [9.17, 15) is 14.4 Å². The van der Waals surface area contributed by atoms with Gasteiger partial charge in [0.2, 0.25) is 5.91 Å². The summed E-state index contributed by atoms with van der Waals surface area (Å²) in [6.45, 7) is 8.04. The Morgan fingerprint density at radius 1 is 0.872 bits per heavy atom. The van der Waals surface area contributed by atoms with Crippen LogP contribution >= 0.6 is 0 Å². The van der Waals surface area contributed by atoms with Crippen LogP contribution in [-0.2, 0) is 17.9 Å². The summed E-state index contributed by atoms with van der Waals surface area (Å²) in [4.78, 5) is 41.8. The molecule has 6 nitrogen and oxygen atoms in total. The molecule has 0 aliphatic carbocycles. The molecule has 1 aromatic heterocycles. The van der Waals surface area contributed by atoms with Gasteiger partial charge in [-0.15, -0.1) is 0 Å². The summed E-state index contributed by atoms with van der Waals surface area (Å²) in [5.74, 6) is 0.0541. The molecule has 5 rings (SSSR count). The minimum absolute atomic E-state index is 0.0541. The molecule has 39 heavy (non-hydrogen) atoms. The fourth-order valence-electron chi connectivity index (χ4n) is 5.69. The first-order chi connectivity index (χ1) is 18.8. The number of para-hydroxylation sites is 1. The molecule has 1 aliphatic heterocycles. The maximum atomic E-state index is 13.7. The predicted molar refractivity (Wildman–Crippen MR) is 157 cm³/mol. The number of amides is 1. The first kappa shape index (κ1) is 26.4. The molecule has 2 heterocycles. The smallest absolute Gasteiger partial charge is 0.331 e. The van der Waals surface area contributed by atoms with Crippen molar-refractivity contribution < 1.29 is 4.79 Å². The van der Waals surface area contributed by atoms with E-state index in [2.05, 4.69) is 51.1 Å². The highest BCUT2D eigenvalue weighted by atomic mass is 16.2. The van der Waals surface area contributed by atoms with Gasteiger partial charge in [0.15, 0.2) is 0 Å². The zero-order valence-corrected chi connectivity index (χ0v) is 22.9. The summed E-state index contributed by atoms with van der Waals surface area (Å²) in [5, 5.41) is 0.514. The zero-order chi connectivity index (χ0) is 27.5. The van der Waals surface area contributed by atoms with Crippen molar-refractivity contribution in [3.8, 4) is 0 Å².